The van der Waals surface area contributed by atoms with Gasteiger partial charge in [-0.2, -0.15) is 0 Å². The van der Waals surface area contributed by atoms with E-state index in [0.717, 1.165) is 12.0 Å². The number of anilines is 1. The Morgan fingerprint density at radius 3 is 2.61 bits per heavy atom. The Kier molecular flexibility index (Phi) is 17.7. The van der Waals surface area contributed by atoms with Crippen molar-refractivity contribution in [2.75, 3.05) is 64.9 Å². The lowest BCUT2D eigenvalue weighted by Gasteiger charge is -2.41. The standard InChI is InChI=1S/C32H49N7O4.3ClH/c1-22(2)20-39(30(41)26-19-36-31(32(3,4)5)37-28(26)35-11-8-13-42-6)25-15-24(17-34-18-25)29(40)38-12-14-43-27(21-38)23-9-7-10-33-16-23;;;/h7,9-10,16,19,22,24-25,27,34H,8,11-15,17-18,20-21H2,1-6H3,(H,35,36,37);3*1H/t24-,25+,27?;;;/m1.../s1. The van der Waals surface area contributed by atoms with Gasteiger partial charge in [0.15, 0.2) is 0 Å². The van der Waals surface area contributed by atoms with Crippen LogP contribution in [0.25, 0.3) is 0 Å². The lowest BCUT2D eigenvalue weighted by atomic mass is 9.92. The van der Waals surface area contributed by atoms with Crippen LogP contribution in [0.3, 0.4) is 0 Å². The topological polar surface area (TPSA) is 122 Å². The number of amides is 2. The first kappa shape index (κ1) is 41.7. The molecule has 2 saturated heterocycles. The summed E-state index contributed by atoms with van der Waals surface area (Å²) < 4.78 is 11.2. The molecule has 2 aromatic heterocycles. The molecule has 46 heavy (non-hydrogen) atoms. The van der Waals surface area contributed by atoms with Gasteiger partial charge >= 0.3 is 0 Å². The number of morpholine rings is 1. The Morgan fingerprint density at radius 2 is 1.96 bits per heavy atom. The van der Waals surface area contributed by atoms with E-state index < -0.39 is 0 Å². The van der Waals surface area contributed by atoms with Gasteiger partial charge in [0.25, 0.3) is 5.91 Å². The number of piperidine rings is 1. The second kappa shape index (κ2) is 19.5. The number of aromatic nitrogens is 3. The number of nitrogens with one attached hydrogen (secondary N) is 2. The molecule has 4 heterocycles. The first-order valence-electron chi connectivity index (χ1n) is 15.5. The quantitative estimate of drug-likeness (QED) is 0.325. The molecule has 1 unspecified atom stereocenters. The van der Waals surface area contributed by atoms with Gasteiger partial charge in [0, 0.05) is 82.1 Å². The van der Waals surface area contributed by atoms with Crippen molar-refractivity contribution in [3.8, 4) is 0 Å². The number of rotatable bonds is 11. The summed E-state index contributed by atoms with van der Waals surface area (Å²) in [6.45, 7) is 14.9. The van der Waals surface area contributed by atoms with Gasteiger partial charge in [0.05, 0.1) is 19.1 Å². The van der Waals surface area contributed by atoms with Crippen LogP contribution in [-0.4, -0.2) is 102 Å². The van der Waals surface area contributed by atoms with Crippen molar-refractivity contribution >= 4 is 54.9 Å². The van der Waals surface area contributed by atoms with Crippen LogP contribution in [0, 0.1) is 11.8 Å². The summed E-state index contributed by atoms with van der Waals surface area (Å²) in [7, 11) is 1.68. The fourth-order valence-corrected chi connectivity index (χ4v) is 5.62. The molecule has 14 heteroatoms. The summed E-state index contributed by atoms with van der Waals surface area (Å²) in [6.07, 6.45) is 6.38. The zero-order valence-corrected chi connectivity index (χ0v) is 30.3. The molecule has 4 rings (SSSR count). The number of carbonyl (C=O) groups excluding carboxylic acids is 2. The van der Waals surface area contributed by atoms with Crippen LogP contribution in [0.2, 0.25) is 0 Å². The van der Waals surface area contributed by atoms with Crippen molar-refractivity contribution in [3.05, 3.63) is 47.7 Å². The molecule has 2 aliphatic rings. The number of ether oxygens (including phenoxy) is 2. The number of carbonyl (C=O) groups is 2. The van der Waals surface area contributed by atoms with Gasteiger partial charge in [-0.05, 0) is 24.8 Å². The van der Waals surface area contributed by atoms with E-state index in [9.17, 15) is 9.59 Å². The number of nitrogens with zero attached hydrogens (tertiary/aromatic N) is 5. The summed E-state index contributed by atoms with van der Waals surface area (Å²) in [5, 5.41) is 6.83. The number of hydrogen-bond donors (Lipinski definition) is 2. The predicted molar refractivity (Wildman–Crippen MR) is 188 cm³/mol. The minimum absolute atomic E-state index is 0. The van der Waals surface area contributed by atoms with E-state index in [1.54, 1.807) is 25.7 Å². The van der Waals surface area contributed by atoms with Gasteiger partial charge in [0.1, 0.15) is 23.3 Å². The third-order valence-corrected chi connectivity index (χ3v) is 7.88. The Labute approximate surface area is 292 Å². The largest absolute Gasteiger partial charge is 0.385 e. The number of hydrogen-bond acceptors (Lipinski definition) is 9. The maximum atomic E-state index is 14.3. The highest BCUT2D eigenvalue weighted by Gasteiger charge is 2.37. The molecular weight excluding hydrogens is 653 g/mol. The van der Waals surface area contributed by atoms with E-state index in [0.29, 0.717) is 76.1 Å². The number of methoxy groups -OCH3 is 1. The van der Waals surface area contributed by atoms with Crippen LogP contribution < -0.4 is 10.6 Å². The van der Waals surface area contributed by atoms with Crippen LogP contribution in [0.4, 0.5) is 5.82 Å². The Hall–Kier alpha value is -2.28. The summed E-state index contributed by atoms with van der Waals surface area (Å²) in [4.78, 5) is 45.5. The van der Waals surface area contributed by atoms with Crippen molar-refractivity contribution in [3.63, 3.8) is 0 Å². The van der Waals surface area contributed by atoms with E-state index in [-0.39, 0.29) is 78.4 Å². The van der Waals surface area contributed by atoms with Crippen molar-refractivity contribution in [2.45, 2.75) is 65.0 Å². The monoisotopic (exact) mass is 703 g/mol. The van der Waals surface area contributed by atoms with Crippen LogP contribution in [0.1, 0.15) is 75.3 Å². The third kappa shape index (κ3) is 11.2. The molecule has 0 aromatic carbocycles. The molecule has 2 N–H and O–H groups in total. The van der Waals surface area contributed by atoms with E-state index in [1.807, 2.05) is 21.9 Å². The molecule has 2 amide bonds. The van der Waals surface area contributed by atoms with Crippen LogP contribution in [0.5, 0.6) is 0 Å². The average molecular weight is 705 g/mol. The normalized spacial score (nSPS) is 19.7. The lowest BCUT2D eigenvalue weighted by molar-refractivity contribution is -0.144. The SMILES string of the molecule is COCCCNc1nc(C(C)(C)C)ncc1C(=O)N(CC(C)C)[C@@H]1CNC[C@H](C(=O)N2CCOC(c3cccnc3)C2)C1.Cl.Cl.Cl. The molecule has 0 spiro atoms. The van der Waals surface area contributed by atoms with Gasteiger partial charge in [0.2, 0.25) is 5.91 Å². The molecule has 260 valence electrons. The molecule has 0 aliphatic carbocycles. The molecule has 2 fully saturated rings. The Morgan fingerprint density at radius 1 is 1.20 bits per heavy atom. The summed E-state index contributed by atoms with van der Waals surface area (Å²) >= 11 is 0. The molecule has 2 aliphatic heterocycles. The van der Waals surface area contributed by atoms with Crippen molar-refractivity contribution < 1.29 is 19.1 Å². The van der Waals surface area contributed by atoms with E-state index in [2.05, 4.69) is 55.2 Å². The van der Waals surface area contributed by atoms with Crippen LogP contribution in [0.15, 0.2) is 30.7 Å². The molecule has 0 bridgehead atoms. The second-order valence-corrected chi connectivity index (χ2v) is 13.0. The number of halogens is 3. The molecular formula is C32H52Cl3N7O4. The van der Waals surface area contributed by atoms with E-state index >= 15 is 0 Å². The molecule has 2 aromatic rings. The van der Waals surface area contributed by atoms with Gasteiger partial charge in [-0.1, -0.05) is 40.7 Å². The first-order valence-corrected chi connectivity index (χ1v) is 15.5. The molecule has 0 radical (unpaired) electrons. The Bertz CT molecular complexity index is 1220. The van der Waals surface area contributed by atoms with Crippen molar-refractivity contribution in [2.24, 2.45) is 11.8 Å². The fraction of sp³-hybridized carbons (Fsp3) is 0.656. The van der Waals surface area contributed by atoms with E-state index in [1.165, 1.54) is 0 Å². The summed E-state index contributed by atoms with van der Waals surface area (Å²) in [5.74, 6) is 1.21. The molecule has 11 nitrogen and oxygen atoms in total. The summed E-state index contributed by atoms with van der Waals surface area (Å²) in [5.41, 5.74) is 1.16. The lowest BCUT2D eigenvalue weighted by Crippen LogP contribution is -2.56. The van der Waals surface area contributed by atoms with Gasteiger partial charge in [-0.15, -0.1) is 37.2 Å². The van der Waals surface area contributed by atoms with Crippen LogP contribution in [-0.2, 0) is 19.7 Å². The van der Waals surface area contributed by atoms with Crippen molar-refractivity contribution in [1.82, 2.24) is 30.1 Å². The summed E-state index contributed by atoms with van der Waals surface area (Å²) in [6, 6.07) is 3.73. The Balaban J connectivity index is 0.00000353. The highest BCUT2D eigenvalue weighted by Crippen LogP contribution is 2.28. The zero-order valence-electron chi connectivity index (χ0n) is 27.9. The third-order valence-electron chi connectivity index (χ3n) is 7.88. The van der Waals surface area contributed by atoms with Crippen molar-refractivity contribution in [1.29, 1.82) is 0 Å². The maximum absolute atomic E-state index is 14.3. The predicted octanol–water partition coefficient (Wildman–Crippen LogP) is 4.56. The van der Waals surface area contributed by atoms with Gasteiger partial charge in [-0.3, -0.25) is 14.6 Å². The highest BCUT2D eigenvalue weighted by atomic mass is 35.5. The number of pyridine rings is 1. The average Bonchev–Trinajstić information content (AvgIpc) is 3.01. The minimum Gasteiger partial charge on any atom is -0.385 e. The second-order valence-electron chi connectivity index (χ2n) is 13.0. The minimum atomic E-state index is -0.265. The molecule has 3 atom stereocenters. The maximum Gasteiger partial charge on any atom is 0.259 e. The van der Waals surface area contributed by atoms with Gasteiger partial charge < -0.3 is 29.9 Å². The zero-order chi connectivity index (χ0) is 31.0. The van der Waals surface area contributed by atoms with Crippen LogP contribution >= 0.6 is 37.2 Å². The van der Waals surface area contributed by atoms with E-state index in [4.69, 9.17) is 14.5 Å². The first-order chi connectivity index (χ1) is 20.6. The molecule has 0 saturated carbocycles. The smallest absolute Gasteiger partial charge is 0.259 e. The highest BCUT2D eigenvalue weighted by molar-refractivity contribution is 5.98. The fourth-order valence-electron chi connectivity index (χ4n) is 5.62. The van der Waals surface area contributed by atoms with Gasteiger partial charge in [-0.25, -0.2) is 9.97 Å².